The van der Waals surface area contributed by atoms with Gasteiger partial charge in [0, 0.05) is 25.2 Å². The minimum Gasteiger partial charge on any atom is -0.338 e. The Kier molecular flexibility index (Phi) is 5.79. The molecule has 1 aliphatic carbocycles. The van der Waals surface area contributed by atoms with Crippen molar-refractivity contribution in [3.8, 4) is 0 Å². The number of hydrogen-bond donors (Lipinski definition) is 3. The zero-order chi connectivity index (χ0) is 14.4. The molecule has 20 heavy (non-hydrogen) atoms. The molecule has 6 heteroatoms. The van der Waals surface area contributed by atoms with Crippen LogP contribution in [0.3, 0.4) is 0 Å². The number of nitrogens with zero attached hydrogens (tertiary/aromatic N) is 1. The molecule has 0 aromatic carbocycles. The van der Waals surface area contributed by atoms with Crippen LogP contribution in [0.25, 0.3) is 0 Å². The summed E-state index contributed by atoms with van der Waals surface area (Å²) < 4.78 is 0. The summed E-state index contributed by atoms with van der Waals surface area (Å²) in [6, 6.07) is 0.644. The lowest BCUT2D eigenvalue weighted by Gasteiger charge is -2.24. The van der Waals surface area contributed by atoms with E-state index in [-0.39, 0.29) is 11.9 Å². The van der Waals surface area contributed by atoms with Gasteiger partial charge in [-0.2, -0.15) is 0 Å². The van der Waals surface area contributed by atoms with E-state index < -0.39 is 0 Å². The molecule has 0 bridgehead atoms. The zero-order valence-corrected chi connectivity index (χ0v) is 12.3. The van der Waals surface area contributed by atoms with Crippen LogP contribution in [0, 0.1) is 0 Å². The van der Waals surface area contributed by atoms with Crippen molar-refractivity contribution in [2.75, 3.05) is 26.2 Å². The Bertz CT molecular complexity index is 338. The van der Waals surface area contributed by atoms with Gasteiger partial charge in [-0.25, -0.2) is 4.79 Å². The van der Waals surface area contributed by atoms with Crippen LogP contribution < -0.4 is 16.0 Å². The number of urea groups is 1. The highest BCUT2D eigenvalue weighted by molar-refractivity contribution is 5.95. The van der Waals surface area contributed by atoms with Crippen LogP contribution >= 0.6 is 0 Å². The second-order valence-electron chi connectivity index (χ2n) is 5.76. The predicted octanol–water partition coefficient (Wildman–Crippen LogP) is 0.439. The van der Waals surface area contributed by atoms with Crippen molar-refractivity contribution in [2.24, 2.45) is 0 Å². The van der Waals surface area contributed by atoms with E-state index in [2.05, 4.69) is 20.9 Å². The fourth-order valence-electron chi connectivity index (χ4n) is 2.61. The van der Waals surface area contributed by atoms with Crippen LogP contribution in [0.4, 0.5) is 4.79 Å². The maximum Gasteiger partial charge on any atom is 0.321 e. The number of hydrogen-bond acceptors (Lipinski definition) is 4. The topological polar surface area (TPSA) is 73.5 Å². The lowest BCUT2D eigenvalue weighted by atomic mass is 10.2. The van der Waals surface area contributed by atoms with Crippen molar-refractivity contribution in [2.45, 2.75) is 51.1 Å². The van der Waals surface area contributed by atoms with Gasteiger partial charge in [-0.15, -0.1) is 0 Å². The second-order valence-corrected chi connectivity index (χ2v) is 5.76. The van der Waals surface area contributed by atoms with E-state index in [1.165, 1.54) is 25.7 Å². The maximum atomic E-state index is 11.9. The number of rotatable bonds is 7. The van der Waals surface area contributed by atoms with Gasteiger partial charge in [0.2, 0.25) is 5.91 Å². The van der Waals surface area contributed by atoms with Crippen molar-refractivity contribution < 1.29 is 9.59 Å². The third kappa shape index (κ3) is 5.09. The lowest BCUT2D eigenvalue weighted by molar-refractivity contribution is -0.121. The summed E-state index contributed by atoms with van der Waals surface area (Å²) in [6.45, 7) is 4.88. The average Bonchev–Trinajstić information content (AvgIpc) is 3.14. The Morgan fingerprint density at radius 1 is 1.30 bits per heavy atom. The van der Waals surface area contributed by atoms with Crippen LogP contribution in [0.15, 0.2) is 0 Å². The normalized spacial score (nSPS) is 22.0. The van der Waals surface area contributed by atoms with Crippen LogP contribution in [0.5, 0.6) is 0 Å². The first kappa shape index (κ1) is 15.3. The first-order chi connectivity index (χ1) is 9.69. The molecule has 1 saturated carbocycles. The molecule has 0 spiro atoms. The zero-order valence-electron chi connectivity index (χ0n) is 12.3. The highest BCUT2D eigenvalue weighted by Gasteiger charge is 2.32. The summed E-state index contributed by atoms with van der Waals surface area (Å²) >= 11 is 0. The van der Waals surface area contributed by atoms with Gasteiger partial charge in [-0.05, 0) is 38.6 Å². The van der Waals surface area contributed by atoms with Crippen molar-refractivity contribution in [3.05, 3.63) is 0 Å². The van der Waals surface area contributed by atoms with Crippen LogP contribution in [-0.2, 0) is 4.79 Å². The number of nitrogens with one attached hydrogen (secondary N) is 3. The average molecular weight is 282 g/mol. The molecule has 2 fully saturated rings. The largest absolute Gasteiger partial charge is 0.338 e. The molecule has 2 rings (SSSR count). The number of amides is 3. The molecular formula is C14H26N4O2. The summed E-state index contributed by atoms with van der Waals surface area (Å²) in [5, 5.41) is 8.51. The van der Waals surface area contributed by atoms with E-state index in [1.807, 2.05) is 6.92 Å². The highest BCUT2D eigenvalue weighted by atomic mass is 16.2. The first-order valence-electron chi connectivity index (χ1n) is 7.74. The smallest absolute Gasteiger partial charge is 0.321 e. The van der Waals surface area contributed by atoms with E-state index in [0.717, 1.165) is 19.5 Å². The molecule has 3 amide bonds. The molecule has 1 unspecified atom stereocenters. The fraction of sp³-hybridized carbons (Fsp3) is 0.857. The predicted molar refractivity (Wildman–Crippen MR) is 77.5 cm³/mol. The summed E-state index contributed by atoms with van der Waals surface area (Å²) in [6.07, 6.45) is 5.60. The summed E-state index contributed by atoms with van der Waals surface area (Å²) in [5.41, 5.74) is 0. The van der Waals surface area contributed by atoms with Gasteiger partial charge >= 0.3 is 6.03 Å². The van der Waals surface area contributed by atoms with Crippen molar-refractivity contribution >= 4 is 11.9 Å². The van der Waals surface area contributed by atoms with Crippen molar-refractivity contribution in [1.29, 1.82) is 0 Å². The Labute approximate surface area is 120 Å². The van der Waals surface area contributed by atoms with E-state index in [4.69, 9.17) is 0 Å². The Balaban J connectivity index is 1.72. The summed E-state index contributed by atoms with van der Waals surface area (Å²) in [5.74, 6) is -0.205. The van der Waals surface area contributed by atoms with Gasteiger partial charge in [-0.3, -0.25) is 15.0 Å². The molecule has 1 saturated heterocycles. The molecule has 0 aromatic heterocycles. The van der Waals surface area contributed by atoms with Gasteiger partial charge < -0.3 is 10.6 Å². The van der Waals surface area contributed by atoms with Crippen LogP contribution in [0.2, 0.25) is 0 Å². The van der Waals surface area contributed by atoms with Crippen LogP contribution in [0.1, 0.15) is 39.0 Å². The van der Waals surface area contributed by atoms with Gasteiger partial charge in [0.05, 0.1) is 6.54 Å². The molecule has 6 nitrogen and oxygen atoms in total. The Morgan fingerprint density at radius 3 is 2.70 bits per heavy atom. The first-order valence-corrected chi connectivity index (χ1v) is 7.74. The third-order valence-corrected chi connectivity index (χ3v) is 3.82. The number of carbonyl (C=O) groups excluding carboxylic acids is 2. The minimum absolute atomic E-state index is 0.205. The van der Waals surface area contributed by atoms with E-state index in [1.54, 1.807) is 0 Å². The van der Waals surface area contributed by atoms with Gasteiger partial charge in [0.15, 0.2) is 0 Å². The summed E-state index contributed by atoms with van der Waals surface area (Å²) in [4.78, 5) is 25.6. The van der Waals surface area contributed by atoms with Gasteiger partial charge in [-0.1, -0.05) is 6.92 Å². The standard InChI is InChI=1S/C14H26N4O2/c1-2-7-16-14(20)17-13(19)10-18(12-5-6-12)9-11-4-3-8-15-11/h11-12,15H,2-10H2,1H3,(H2,16,17,19,20). The molecule has 0 aromatic rings. The second kappa shape index (κ2) is 7.59. The molecule has 3 N–H and O–H groups in total. The van der Waals surface area contributed by atoms with Gasteiger partial charge in [0.25, 0.3) is 0 Å². The molecule has 2 aliphatic rings. The fourth-order valence-corrected chi connectivity index (χ4v) is 2.61. The Morgan fingerprint density at radius 2 is 2.10 bits per heavy atom. The molecule has 1 aliphatic heterocycles. The number of carbonyl (C=O) groups is 2. The third-order valence-electron chi connectivity index (χ3n) is 3.82. The summed E-state index contributed by atoms with van der Waals surface area (Å²) in [7, 11) is 0. The minimum atomic E-state index is -0.383. The van der Waals surface area contributed by atoms with E-state index in [0.29, 0.717) is 25.2 Å². The highest BCUT2D eigenvalue weighted by Crippen LogP contribution is 2.27. The molecule has 114 valence electrons. The van der Waals surface area contributed by atoms with E-state index >= 15 is 0 Å². The molecule has 1 atom stereocenters. The van der Waals surface area contributed by atoms with E-state index in [9.17, 15) is 9.59 Å². The molecular weight excluding hydrogens is 256 g/mol. The molecule has 0 radical (unpaired) electrons. The van der Waals surface area contributed by atoms with Gasteiger partial charge in [0.1, 0.15) is 0 Å². The molecule has 1 heterocycles. The monoisotopic (exact) mass is 282 g/mol. The van der Waals surface area contributed by atoms with Crippen LogP contribution in [-0.4, -0.2) is 55.1 Å². The SMILES string of the molecule is CCCNC(=O)NC(=O)CN(CC1CCCN1)C1CC1. The van der Waals surface area contributed by atoms with Crippen molar-refractivity contribution in [3.63, 3.8) is 0 Å². The lowest BCUT2D eigenvalue weighted by Crippen LogP contribution is -2.47. The Hall–Kier alpha value is -1.14. The van der Waals surface area contributed by atoms with Crippen molar-refractivity contribution in [1.82, 2.24) is 20.9 Å². The number of imide groups is 1. The maximum absolute atomic E-state index is 11.9. The quantitative estimate of drug-likeness (QED) is 0.633.